The van der Waals surface area contributed by atoms with Crippen LogP contribution in [0.5, 0.6) is 5.75 Å². The highest BCUT2D eigenvalue weighted by Gasteiger charge is 2.41. The molecule has 0 aliphatic carbocycles. The number of methoxy groups -OCH3 is 1. The maximum atomic E-state index is 14.4. The van der Waals surface area contributed by atoms with Crippen molar-refractivity contribution in [3.63, 3.8) is 0 Å². The normalized spacial score (nSPS) is 13.7. The molecule has 0 saturated carbocycles. The lowest BCUT2D eigenvalue weighted by Crippen LogP contribution is -2.33. The number of aryl methyl sites for hydroxylation is 1. The second-order valence-corrected chi connectivity index (χ2v) is 6.98. The lowest BCUT2D eigenvalue weighted by molar-refractivity contribution is -0.120. The molecule has 0 spiro atoms. The highest BCUT2D eigenvalue weighted by Crippen LogP contribution is 2.36. The van der Waals surface area contributed by atoms with Crippen LogP contribution in [0.1, 0.15) is 11.1 Å². The van der Waals surface area contributed by atoms with Crippen molar-refractivity contribution in [2.24, 2.45) is 0 Å². The van der Waals surface area contributed by atoms with E-state index in [1.54, 1.807) is 12.1 Å². The van der Waals surface area contributed by atoms with Crippen LogP contribution in [0.25, 0.3) is 5.57 Å². The molecule has 0 radical (unpaired) electrons. The monoisotopic (exact) mass is 420 g/mol. The molecule has 0 unspecified atom stereocenters. The number of carbonyl (C=O) groups is 2. The molecule has 0 atom stereocenters. The van der Waals surface area contributed by atoms with Gasteiger partial charge >= 0.3 is 0 Å². The van der Waals surface area contributed by atoms with Crippen LogP contribution in [0.15, 0.2) is 72.4 Å². The molecule has 3 aromatic carbocycles. The Hall–Kier alpha value is -4.00. The Labute approximate surface area is 177 Å². The standard InChI is InChI=1S/C24H18F2N2O3/c1-14-7-12-20(31-2)18(13-14)27-22-21(15-8-10-16(25)11-9-15)23(29)28(24(22)30)19-6-4-3-5-17(19)26/h3-13,27H,1-2H3. The van der Waals surface area contributed by atoms with Gasteiger partial charge in [-0.25, -0.2) is 13.7 Å². The molecule has 0 bridgehead atoms. The Morgan fingerprint density at radius 3 is 2.29 bits per heavy atom. The highest BCUT2D eigenvalue weighted by molar-refractivity contribution is 6.46. The van der Waals surface area contributed by atoms with Gasteiger partial charge in [-0.3, -0.25) is 9.59 Å². The van der Waals surface area contributed by atoms with Gasteiger partial charge in [0.05, 0.1) is 24.1 Å². The van der Waals surface area contributed by atoms with E-state index in [1.165, 1.54) is 55.6 Å². The van der Waals surface area contributed by atoms with Crippen molar-refractivity contribution in [2.45, 2.75) is 6.92 Å². The number of para-hydroxylation sites is 1. The van der Waals surface area contributed by atoms with Crippen LogP contribution in [0, 0.1) is 18.6 Å². The molecule has 4 rings (SSSR count). The van der Waals surface area contributed by atoms with Crippen LogP contribution in [0.2, 0.25) is 0 Å². The predicted molar refractivity (Wildman–Crippen MR) is 114 cm³/mol. The van der Waals surface area contributed by atoms with Crippen molar-refractivity contribution in [3.8, 4) is 5.75 Å². The van der Waals surface area contributed by atoms with Crippen molar-refractivity contribution >= 4 is 28.8 Å². The van der Waals surface area contributed by atoms with Crippen molar-refractivity contribution in [1.82, 2.24) is 0 Å². The van der Waals surface area contributed by atoms with Crippen LogP contribution < -0.4 is 15.0 Å². The quantitative estimate of drug-likeness (QED) is 0.609. The third kappa shape index (κ3) is 3.66. The summed E-state index contributed by atoms with van der Waals surface area (Å²) in [6.45, 7) is 1.87. The fourth-order valence-corrected chi connectivity index (χ4v) is 3.44. The van der Waals surface area contributed by atoms with Gasteiger partial charge < -0.3 is 10.1 Å². The minimum absolute atomic E-state index is 0.0109. The summed E-state index contributed by atoms with van der Waals surface area (Å²) in [4.78, 5) is 27.4. The first kappa shape index (κ1) is 20.3. The molecule has 3 aromatic rings. The van der Waals surface area contributed by atoms with Gasteiger partial charge in [0.15, 0.2) is 0 Å². The van der Waals surface area contributed by atoms with Crippen LogP contribution in [0.3, 0.4) is 0 Å². The fourth-order valence-electron chi connectivity index (χ4n) is 3.44. The Balaban J connectivity index is 1.87. The molecule has 5 nitrogen and oxygen atoms in total. The second-order valence-electron chi connectivity index (χ2n) is 6.98. The van der Waals surface area contributed by atoms with E-state index >= 15 is 0 Å². The van der Waals surface area contributed by atoms with Gasteiger partial charge in [-0.15, -0.1) is 0 Å². The zero-order chi connectivity index (χ0) is 22.1. The Kier molecular flexibility index (Phi) is 5.25. The molecular weight excluding hydrogens is 402 g/mol. The molecule has 2 amide bonds. The first-order valence-electron chi connectivity index (χ1n) is 9.46. The Morgan fingerprint density at radius 1 is 0.903 bits per heavy atom. The van der Waals surface area contributed by atoms with Gasteiger partial charge in [-0.1, -0.05) is 30.3 Å². The first-order valence-corrected chi connectivity index (χ1v) is 9.46. The van der Waals surface area contributed by atoms with Gasteiger partial charge in [0, 0.05) is 0 Å². The summed E-state index contributed by atoms with van der Waals surface area (Å²) in [6.07, 6.45) is 0. The lowest BCUT2D eigenvalue weighted by atomic mass is 10.0. The SMILES string of the molecule is COc1ccc(C)cc1NC1=C(c2ccc(F)cc2)C(=O)N(c2ccccc2F)C1=O. The number of anilines is 2. The van der Waals surface area contributed by atoms with E-state index in [1.807, 2.05) is 13.0 Å². The third-order valence-corrected chi connectivity index (χ3v) is 4.92. The molecule has 7 heteroatoms. The van der Waals surface area contributed by atoms with E-state index in [0.717, 1.165) is 10.5 Å². The average molecular weight is 420 g/mol. The van der Waals surface area contributed by atoms with Gasteiger partial charge in [0.25, 0.3) is 11.8 Å². The number of rotatable bonds is 5. The molecule has 0 aromatic heterocycles. The molecule has 31 heavy (non-hydrogen) atoms. The van der Waals surface area contributed by atoms with Gasteiger partial charge in [0.2, 0.25) is 0 Å². The molecule has 1 aliphatic heterocycles. The zero-order valence-corrected chi connectivity index (χ0v) is 16.8. The number of imide groups is 1. The van der Waals surface area contributed by atoms with Gasteiger partial charge in [-0.2, -0.15) is 0 Å². The minimum atomic E-state index is -0.724. The van der Waals surface area contributed by atoms with Crippen LogP contribution >= 0.6 is 0 Å². The molecule has 0 saturated heterocycles. The van der Waals surface area contributed by atoms with Crippen LogP contribution in [0.4, 0.5) is 20.2 Å². The number of nitrogens with one attached hydrogen (secondary N) is 1. The fraction of sp³-hybridized carbons (Fsp3) is 0.0833. The largest absolute Gasteiger partial charge is 0.495 e. The maximum Gasteiger partial charge on any atom is 0.282 e. The zero-order valence-electron chi connectivity index (χ0n) is 16.8. The molecular formula is C24H18F2N2O3. The number of halogens is 2. The predicted octanol–water partition coefficient (Wildman–Crippen LogP) is 4.68. The molecule has 1 heterocycles. The summed E-state index contributed by atoms with van der Waals surface area (Å²) in [5, 5.41) is 2.99. The molecule has 1 N–H and O–H groups in total. The smallest absolute Gasteiger partial charge is 0.282 e. The summed E-state index contributed by atoms with van der Waals surface area (Å²) >= 11 is 0. The van der Waals surface area contributed by atoms with Gasteiger partial charge in [0.1, 0.15) is 23.1 Å². The molecule has 156 valence electrons. The lowest BCUT2D eigenvalue weighted by Gasteiger charge is -2.16. The number of carbonyl (C=O) groups excluding carboxylic acids is 2. The summed E-state index contributed by atoms with van der Waals surface area (Å²) in [6, 6.07) is 16.0. The van der Waals surface area contributed by atoms with Crippen molar-refractivity contribution in [1.29, 1.82) is 0 Å². The van der Waals surface area contributed by atoms with Crippen LogP contribution in [-0.2, 0) is 9.59 Å². The number of benzene rings is 3. The van der Waals surface area contributed by atoms with Crippen molar-refractivity contribution in [3.05, 3.63) is 95.2 Å². The van der Waals surface area contributed by atoms with Gasteiger partial charge in [-0.05, 0) is 54.4 Å². The Morgan fingerprint density at radius 2 is 1.61 bits per heavy atom. The summed E-state index contributed by atoms with van der Waals surface area (Å²) in [5.41, 5.74) is 1.49. The number of ether oxygens (including phenoxy) is 1. The topological polar surface area (TPSA) is 58.6 Å². The van der Waals surface area contributed by atoms with E-state index in [-0.39, 0.29) is 17.0 Å². The highest BCUT2D eigenvalue weighted by atomic mass is 19.1. The summed E-state index contributed by atoms with van der Waals surface area (Å²) < 4.78 is 33.3. The van der Waals surface area contributed by atoms with E-state index < -0.39 is 23.4 Å². The third-order valence-electron chi connectivity index (χ3n) is 4.92. The van der Waals surface area contributed by atoms with E-state index in [0.29, 0.717) is 17.0 Å². The Bertz CT molecular complexity index is 1220. The molecule has 0 fully saturated rings. The van der Waals surface area contributed by atoms with Crippen LogP contribution in [-0.4, -0.2) is 18.9 Å². The minimum Gasteiger partial charge on any atom is -0.495 e. The summed E-state index contributed by atoms with van der Waals surface area (Å²) in [7, 11) is 1.48. The first-order chi connectivity index (χ1) is 14.9. The number of amides is 2. The van der Waals surface area contributed by atoms with E-state index in [4.69, 9.17) is 4.74 Å². The number of hydrogen-bond donors (Lipinski definition) is 1. The number of hydrogen-bond acceptors (Lipinski definition) is 4. The maximum absolute atomic E-state index is 14.4. The van der Waals surface area contributed by atoms with E-state index in [9.17, 15) is 18.4 Å². The second kappa shape index (κ2) is 8.02. The average Bonchev–Trinajstić information content (AvgIpc) is 2.99. The molecule has 1 aliphatic rings. The number of nitrogens with zero attached hydrogens (tertiary/aromatic N) is 1. The summed E-state index contributed by atoms with van der Waals surface area (Å²) in [5.74, 6) is -2.17. The van der Waals surface area contributed by atoms with Crippen molar-refractivity contribution in [2.75, 3.05) is 17.3 Å². The van der Waals surface area contributed by atoms with E-state index in [2.05, 4.69) is 5.32 Å². The van der Waals surface area contributed by atoms with Crippen molar-refractivity contribution < 1.29 is 23.1 Å².